The van der Waals surface area contributed by atoms with Gasteiger partial charge in [0.15, 0.2) is 0 Å². The summed E-state index contributed by atoms with van der Waals surface area (Å²) in [6.07, 6.45) is 8.81. The van der Waals surface area contributed by atoms with E-state index in [2.05, 4.69) is 0 Å². The van der Waals surface area contributed by atoms with Crippen LogP contribution in [-0.2, 0) is 14.4 Å². The zero-order chi connectivity index (χ0) is 28.9. The van der Waals surface area contributed by atoms with Gasteiger partial charge in [-0.05, 0) is 30.5 Å². The third-order valence-corrected chi connectivity index (χ3v) is 10.9. The van der Waals surface area contributed by atoms with E-state index in [1.165, 1.54) is 0 Å². The second kappa shape index (κ2) is 11.0. The van der Waals surface area contributed by atoms with Crippen LogP contribution >= 0.6 is 23.4 Å². The molecule has 2 fully saturated rings. The van der Waals surface area contributed by atoms with Gasteiger partial charge in [0, 0.05) is 24.9 Å². The molecule has 6 atom stereocenters. The lowest BCUT2D eigenvalue weighted by Gasteiger charge is -2.39. The van der Waals surface area contributed by atoms with Crippen LogP contribution in [0.3, 0.4) is 0 Å². The zero-order valence-electron chi connectivity index (χ0n) is 23.2. The lowest BCUT2D eigenvalue weighted by atomic mass is 9.78. The Morgan fingerprint density at radius 3 is 2.51 bits per heavy atom. The first-order chi connectivity index (χ1) is 19.8. The predicted octanol–water partition coefficient (Wildman–Crippen LogP) is 4.39. The van der Waals surface area contributed by atoms with Gasteiger partial charge < -0.3 is 19.8 Å². The van der Waals surface area contributed by atoms with Gasteiger partial charge in [0.25, 0.3) is 5.91 Å². The monoisotopic (exact) mass is 591 g/mol. The molecule has 4 aliphatic rings. The van der Waals surface area contributed by atoms with Gasteiger partial charge in [-0.2, -0.15) is 0 Å². The van der Waals surface area contributed by atoms with Crippen molar-refractivity contribution in [2.24, 2.45) is 11.8 Å². The number of hydrogen-bond acceptors (Lipinski definition) is 5. The Morgan fingerprint density at radius 2 is 1.80 bits per heavy atom. The van der Waals surface area contributed by atoms with Crippen LogP contribution in [0, 0.1) is 18.8 Å². The number of likely N-dealkylation sites (tertiary alicyclic amines) is 1. The summed E-state index contributed by atoms with van der Waals surface area (Å²) < 4.78 is -0.981. The van der Waals surface area contributed by atoms with Crippen molar-refractivity contribution in [1.29, 1.82) is 0 Å². The number of anilines is 1. The SMILES string of the molecule is CCCN1CC=C[C@H]2S[C@]34C=CCN(c5c(C)cccc5Cl)C(=O)C3N([C@H](CO)c3ccccc3)C(=O)[C@@H]4[C@H]2C1=O. The fourth-order valence-electron chi connectivity index (χ4n) is 7.13. The number of carbonyl (C=O) groups is 3. The number of halogens is 1. The zero-order valence-corrected chi connectivity index (χ0v) is 24.7. The number of aliphatic hydroxyl groups is 1. The van der Waals surface area contributed by atoms with E-state index in [9.17, 15) is 19.5 Å². The molecule has 1 unspecified atom stereocenters. The number of fused-ring (bicyclic) bond motifs is 2. The number of rotatable bonds is 6. The smallest absolute Gasteiger partial charge is 0.251 e. The van der Waals surface area contributed by atoms with Crippen LogP contribution in [0.5, 0.6) is 0 Å². The molecule has 0 aromatic heterocycles. The van der Waals surface area contributed by atoms with Crippen molar-refractivity contribution in [2.75, 3.05) is 31.1 Å². The average molecular weight is 592 g/mol. The van der Waals surface area contributed by atoms with Gasteiger partial charge in [0.2, 0.25) is 11.8 Å². The van der Waals surface area contributed by atoms with E-state index in [0.29, 0.717) is 23.8 Å². The lowest BCUT2D eigenvalue weighted by Crippen LogP contribution is -2.54. The molecule has 0 bridgehead atoms. The maximum absolute atomic E-state index is 14.8. The van der Waals surface area contributed by atoms with E-state index in [0.717, 1.165) is 17.5 Å². The van der Waals surface area contributed by atoms with Crippen LogP contribution < -0.4 is 4.90 Å². The molecule has 0 radical (unpaired) electrons. The molecule has 6 rings (SSSR count). The minimum Gasteiger partial charge on any atom is -0.394 e. The molecule has 2 aromatic rings. The van der Waals surface area contributed by atoms with Crippen molar-refractivity contribution in [3.63, 3.8) is 0 Å². The maximum atomic E-state index is 14.8. The largest absolute Gasteiger partial charge is 0.394 e. The Labute approximate surface area is 249 Å². The number of nitrogens with zero attached hydrogens (tertiary/aromatic N) is 3. The van der Waals surface area contributed by atoms with Crippen molar-refractivity contribution < 1.29 is 19.5 Å². The number of carbonyl (C=O) groups excluding carboxylic acids is 3. The second-order valence-electron chi connectivity index (χ2n) is 11.2. The quantitative estimate of drug-likeness (QED) is 0.504. The first kappa shape index (κ1) is 28.1. The minimum absolute atomic E-state index is 0.0469. The molecule has 3 amide bonds. The highest BCUT2D eigenvalue weighted by Crippen LogP contribution is 2.62. The van der Waals surface area contributed by atoms with Crippen molar-refractivity contribution in [3.05, 3.63) is 89.0 Å². The van der Waals surface area contributed by atoms with Crippen molar-refractivity contribution in [3.8, 4) is 0 Å². The van der Waals surface area contributed by atoms with Gasteiger partial charge in [-0.25, -0.2) is 0 Å². The summed E-state index contributed by atoms with van der Waals surface area (Å²) in [4.78, 5) is 48.6. The summed E-state index contributed by atoms with van der Waals surface area (Å²) in [5.41, 5.74) is 2.20. The molecule has 0 aliphatic carbocycles. The van der Waals surface area contributed by atoms with E-state index < -0.39 is 28.7 Å². The summed E-state index contributed by atoms with van der Waals surface area (Å²) in [5.74, 6) is -1.93. The van der Waals surface area contributed by atoms with Crippen LogP contribution in [0.1, 0.15) is 30.5 Å². The lowest BCUT2D eigenvalue weighted by molar-refractivity contribution is -0.144. The first-order valence-corrected chi connectivity index (χ1v) is 15.4. The van der Waals surface area contributed by atoms with E-state index in [4.69, 9.17) is 11.6 Å². The number of hydrogen-bond donors (Lipinski definition) is 1. The highest BCUT2D eigenvalue weighted by molar-refractivity contribution is 8.02. The predicted molar refractivity (Wildman–Crippen MR) is 162 cm³/mol. The summed E-state index contributed by atoms with van der Waals surface area (Å²) in [6, 6.07) is 13.1. The molecule has 0 saturated carbocycles. The molecule has 4 heterocycles. The van der Waals surface area contributed by atoms with Gasteiger partial charge in [0.05, 0.1) is 39.9 Å². The Kier molecular flexibility index (Phi) is 7.51. The number of para-hydroxylation sites is 1. The summed E-state index contributed by atoms with van der Waals surface area (Å²) in [5, 5.41) is 10.9. The molecule has 2 aromatic carbocycles. The summed E-state index contributed by atoms with van der Waals surface area (Å²) in [6.45, 7) is 4.99. The van der Waals surface area contributed by atoms with Crippen molar-refractivity contribution in [2.45, 2.75) is 42.3 Å². The van der Waals surface area contributed by atoms with Crippen LogP contribution in [0.15, 0.2) is 72.8 Å². The second-order valence-corrected chi connectivity index (χ2v) is 13.1. The Hall–Kier alpha value is -3.07. The normalized spacial score (nSPS) is 29.8. The molecule has 7 nitrogen and oxygen atoms in total. The summed E-state index contributed by atoms with van der Waals surface area (Å²) in [7, 11) is 0. The standard InChI is InChI=1S/C32H34ClN3O4S/c1-3-16-34-17-8-14-24-25(29(34)38)26-30(39)36(23(19-37)21-11-5-4-6-12-21)28-31(40)35(18-9-15-32(26,28)41-24)27-20(2)10-7-13-22(27)33/h4-15,23-26,28,37H,3,16-19H2,1-2H3/t23-,24-,25+,26+,28?,32+/m1/s1. The Bertz CT molecular complexity index is 1410. The molecule has 41 heavy (non-hydrogen) atoms. The molecule has 2 saturated heterocycles. The fraction of sp³-hybridized carbons (Fsp3) is 0.406. The van der Waals surface area contributed by atoms with E-state index >= 15 is 0 Å². The molecule has 214 valence electrons. The number of benzene rings is 2. The van der Waals surface area contributed by atoms with E-state index in [1.807, 2.05) is 85.5 Å². The van der Waals surface area contributed by atoms with Gasteiger partial charge in [-0.15, -0.1) is 11.8 Å². The van der Waals surface area contributed by atoms with Gasteiger partial charge in [-0.3, -0.25) is 14.4 Å². The Morgan fingerprint density at radius 1 is 1.02 bits per heavy atom. The van der Waals surface area contributed by atoms with Gasteiger partial charge in [-0.1, -0.05) is 85.3 Å². The van der Waals surface area contributed by atoms with Crippen LogP contribution in [0.4, 0.5) is 5.69 Å². The fourth-order valence-corrected chi connectivity index (χ4v) is 9.45. The first-order valence-electron chi connectivity index (χ1n) is 14.2. The molecule has 9 heteroatoms. The Balaban J connectivity index is 1.53. The highest BCUT2D eigenvalue weighted by atomic mass is 35.5. The average Bonchev–Trinajstić information content (AvgIpc) is 3.28. The number of aliphatic hydroxyl groups excluding tert-OH is 1. The number of thioether (sulfide) groups is 1. The highest BCUT2D eigenvalue weighted by Gasteiger charge is 2.72. The number of amides is 3. The molecule has 1 spiro atoms. The molecular weight excluding hydrogens is 558 g/mol. The number of aryl methyl sites for hydroxylation is 1. The van der Waals surface area contributed by atoms with Crippen molar-refractivity contribution >= 4 is 46.8 Å². The maximum Gasteiger partial charge on any atom is 0.251 e. The van der Waals surface area contributed by atoms with Crippen molar-refractivity contribution in [1.82, 2.24) is 9.80 Å². The minimum atomic E-state index is -0.981. The van der Waals surface area contributed by atoms with Crippen LogP contribution in [0.25, 0.3) is 0 Å². The molecule has 4 aliphatic heterocycles. The molecule has 1 N–H and O–H groups in total. The van der Waals surface area contributed by atoms with Crippen LogP contribution in [0.2, 0.25) is 5.02 Å². The molecular formula is C32H34ClN3O4S. The van der Waals surface area contributed by atoms with E-state index in [1.54, 1.807) is 27.6 Å². The van der Waals surface area contributed by atoms with E-state index in [-0.39, 0.29) is 36.1 Å². The van der Waals surface area contributed by atoms with Gasteiger partial charge >= 0.3 is 0 Å². The third-order valence-electron chi connectivity index (χ3n) is 8.83. The topological polar surface area (TPSA) is 81.2 Å². The third kappa shape index (κ3) is 4.34. The summed E-state index contributed by atoms with van der Waals surface area (Å²) >= 11 is 8.21. The van der Waals surface area contributed by atoms with Crippen LogP contribution in [-0.4, -0.2) is 74.9 Å². The van der Waals surface area contributed by atoms with Gasteiger partial charge in [0.1, 0.15) is 6.04 Å².